The van der Waals surface area contributed by atoms with Gasteiger partial charge in [0, 0.05) is 11.6 Å². The summed E-state index contributed by atoms with van der Waals surface area (Å²) < 4.78 is 5.14. The van der Waals surface area contributed by atoms with Crippen LogP contribution < -0.4 is 22.5 Å². The van der Waals surface area contributed by atoms with Crippen molar-refractivity contribution in [2.24, 2.45) is 0 Å². The summed E-state index contributed by atoms with van der Waals surface area (Å²) in [5.41, 5.74) is 2.52. The van der Waals surface area contributed by atoms with Gasteiger partial charge in [0.05, 0.1) is 7.11 Å². The molecule has 108 valence electrons. The summed E-state index contributed by atoms with van der Waals surface area (Å²) in [7, 11) is 1.68. The molecule has 0 aromatic heterocycles. The van der Waals surface area contributed by atoms with Gasteiger partial charge in [-0.3, -0.25) is 0 Å². The fourth-order valence-electron chi connectivity index (χ4n) is 1.90. The first-order valence-electron chi connectivity index (χ1n) is 6.36. The van der Waals surface area contributed by atoms with Crippen LogP contribution in [0.2, 0.25) is 5.02 Å². The second kappa shape index (κ2) is 8.85. The molecule has 2 aromatic carbocycles. The molecule has 0 unspecified atom stereocenters. The number of ether oxygens (including phenoxy) is 1. The molecule has 0 fully saturated rings. The lowest BCUT2D eigenvalue weighted by Gasteiger charge is -2.06. The average Bonchev–Trinajstić information content (AvgIpc) is 2.44. The van der Waals surface area contributed by atoms with Crippen molar-refractivity contribution in [3.05, 3.63) is 64.7 Å². The zero-order valence-electron chi connectivity index (χ0n) is 11.4. The standard InChI is InChI=1S/C16H18ClNO.ClH/c1-19-16-7-5-13(6-8-16)9-10-18-12-14-3-2-4-15(17)11-14;/h2-8,11,18H,9-10,12H2,1H3;1H/p-1. The molecule has 2 aromatic rings. The van der Waals surface area contributed by atoms with Gasteiger partial charge in [-0.1, -0.05) is 35.9 Å². The molecule has 0 spiro atoms. The van der Waals surface area contributed by atoms with Gasteiger partial charge in [0.1, 0.15) is 5.75 Å². The van der Waals surface area contributed by atoms with Crippen LogP contribution in [0.15, 0.2) is 48.5 Å². The fraction of sp³-hybridized carbons (Fsp3) is 0.250. The van der Waals surface area contributed by atoms with E-state index in [1.165, 1.54) is 11.1 Å². The van der Waals surface area contributed by atoms with Crippen LogP contribution in [0.4, 0.5) is 0 Å². The van der Waals surface area contributed by atoms with Crippen molar-refractivity contribution in [1.29, 1.82) is 0 Å². The average molecular weight is 311 g/mol. The van der Waals surface area contributed by atoms with E-state index in [1.807, 2.05) is 30.3 Å². The highest BCUT2D eigenvalue weighted by atomic mass is 35.5. The monoisotopic (exact) mass is 310 g/mol. The Labute approximate surface area is 131 Å². The molecular formula is C16H18Cl2NO-. The van der Waals surface area contributed by atoms with Gasteiger partial charge in [-0.25, -0.2) is 0 Å². The predicted octanol–water partition coefficient (Wildman–Crippen LogP) is 0.685. The maximum absolute atomic E-state index is 5.94. The lowest BCUT2D eigenvalue weighted by Crippen LogP contribution is -3.00. The van der Waals surface area contributed by atoms with Gasteiger partial charge in [0.15, 0.2) is 0 Å². The Morgan fingerprint density at radius 3 is 2.45 bits per heavy atom. The van der Waals surface area contributed by atoms with Crippen molar-refractivity contribution in [2.75, 3.05) is 13.7 Å². The lowest BCUT2D eigenvalue weighted by molar-refractivity contribution is -0.00000412. The molecule has 0 bridgehead atoms. The summed E-state index contributed by atoms with van der Waals surface area (Å²) in [5, 5.41) is 4.20. The Hall–Kier alpha value is -1.22. The van der Waals surface area contributed by atoms with E-state index >= 15 is 0 Å². The van der Waals surface area contributed by atoms with Crippen LogP contribution in [0.1, 0.15) is 11.1 Å². The molecule has 4 heteroatoms. The molecule has 0 aliphatic rings. The largest absolute Gasteiger partial charge is 1.00 e. The third kappa shape index (κ3) is 5.41. The van der Waals surface area contributed by atoms with Crippen molar-refractivity contribution in [3.63, 3.8) is 0 Å². The van der Waals surface area contributed by atoms with Crippen LogP contribution in [-0.4, -0.2) is 13.7 Å². The van der Waals surface area contributed by atoms with Crippen molar-refractivity contribution in [3.8, 4) is 5.75 Å². The van der Waals surface area contributed by atoms with E-state index in [2.05, 4.69) is 23.5 Å². The highest BCUT2D eigenvalue weighted by Crippen LogP contribution is 2.12. The molecule has 0 amide bonds. The highest BCUT2D eigenvalue weighted by molar-refractivity contribution is 6.30. The SMILES string of the molecule is COc1ccc(CCNCc2cccc(Cl)c2)cc1.[Cl-]. The van der Waals surface area contributed by atoms with Gasteiger partial charge in [0.2, 0.25) is 0 Å². The van der Waals surface area contributed by atoms with Gasteiger partial charge in [-0.2, -0.15) is 0 Å². The zero-order chi connectivity index (χ0) is 13.5. The third-order valence-corrected chi connectivity index (χ3v) is 3.20. The minimum Gasteiger partial charge on any atom is -1.00 e. The molecule has 0 atom stereocenters. The molecule has 0 heterocycles. The molecule has 2 rings (SSSR count). The van der Waals surface area contributed by atoms with E-state index in [-0.39, 0.29) is 12.4 Å². The molecule has 0 saturated heterocycles. The molecule has 1 N–H and O–H groups in total. The summed E-state index contributed by atoms with van der Waals surface area (Å²) in [6.07, 6.45) is 1.00. The second-order valence-corrected chi connectivity index (χ2v) is 4.84. The van der Waals surface area contributed by atoms with Crippen LogP contribution in [0.3, 0.4) is 0 Å². The number of benzene rings is 2. The number of rotatable bonds is 6. The normalized spacial score (nSPS) is 9.90. The number of halogens is 2. The number of hydrogen-bond donors (Lipinski definition) is 1. The first-order chi connectivity index (χ1) is 9.28. The fourth-order valence-corrected chi connectivity index (χ4v) is 2.12. The number of nitrogens with one attached hydrogen (secondary N) is 1. The first kappa shape index (κ1) is 16.8. The second-order valence-electron chi connectivity index (χ2n) is 4.40. The minimum atomic E-state index is 0. The van der Waals surface area contributed by atoms with Gasteiger partial charge in [-0.15, -0.1) is 0 Å². The zero-order valence-corrected chi connectivity index (χ0v) is 12.9. The Morgan fingerprint density at radius 2 is 1.80 bits per heavy atom. The van der Waals surface area contributed by atoms with E-state index in [1.54, 1.807) is 7.11 Å². The van der Waals surface area contributed by atoms with Crippen molar-refractivity contribution < 1.29 is 17.1 Å². The number of hydrogen-bond acceptors (Lipinski definition) is 2. The maximum Gasteiger partial charge on any atom is 0.118 e. The van der Waals surface area contributed by atoms with E-state index in [0.717, 1.165) is 30.3 Å². The summed E-state index contributed by atoms with van der Waals surface area (Å²) in [6, 6.07) is 16.1. The van der Waals surface area contributed by atoms with Gasteiger partial charge in [0.25, 0.3) is 0 Å². The summed E-state index contributed by atoms with van der Waals surface area (Å²) >= 11 is 5.94. The lowest BCUT2D eigenvalue weighted by atomic mass is 10.1. The molecule has 20 heavy (non-hydrogen) atoms. The van der Waals surface area contributed by atoms with Crippen LogP contribution in [-0.2, 0) is 13.0 Å². The van der Waals surface area contributed by atoms with Gasteiger partial charge < -0.3 is 22.5 Å². The van der Waals surface area contributed by atoms with E-state index in [9.17, 15) is 0 Å². The van der Waals surface area contributed by atoms with Crippen molar-refractivity contribution in [2.45, 2.75) is 13.0 Å². The molecule has 0 radical (unpaired) electrons. The summed E-state index contributed by atoms with van der Waals surface area (Å²) in [4.78, 5) is 0. The predicted molar refractivity (Wildman–Crippen MR) is 79.9 cm³/mol. The van der Waals surface area contributed by atoms with Crippen LogP contribution in [0, 0.1) is 0 Å². The Balaban J connectivity index is 0.00000200. The molecule has 0 aliphatic carbocycles. The van der Waals surface area contributed by atoms with Gasteiger partial charge >= 0.3 is 0 Å². The van der Waals surface area contributed by atoms with E-state index in [4.69, 9.17) is 16.3 Å². The van der Waals surface area contributed by atoms with Crippen LogP contribution in [0.25, 0.3) is 0 Å². The Bertz CT molecular complexity index is 514. The van der Waals surface area contributed by atoms with Crippen molar-refractivity contribution in [1.82, 2.24) is 5.32 Å². The molecule has 2 nitrogen and oxygen atoms in total. The van der Waals surface area contributed by atoms with Crippen molar-refractivity contribution >= 4 is 11.6 Å². The first-order valence-corrected chi connectivity index (χ1v) is 6.74. The maximum atomic E-state index is 5.94. The van der Waals surface area contributed by atoms with Crippen LogP contribution in [0.5, 0.6) is 5.75 Å². The summed E-state index contributed by atoms with van der Waals surface area (Å²) in [6.45, 7) is 1.79. The van der Waals surface area contributed by atoms with Gasteiger partial charge in [-0.05, 0) is 48.4 Å². The topological polar surface area (TPSA) is 21.3 Å². The van der Waals surface area contributed by atoms with E-state index in [0.29, 0.717) is 0 Å². The molecule has 0 saturated carbocycles. The molecular weight excluding hydrogens is 293 g/mol. The summed E-state index contributed by atoms with van der Waals surface area (Å²) in [5.74, 6) is 0.899. The third-order valence-electron chi connectivity index (χ3n) is 2.97. The Morgan fingerprint density at radius 1 is 1.05 bits per heavy atom. The number of methoxy groups -OCH3 is 1. The Kier molecular flexibility index (Phi) is 7.45. The minimum absolute atomic E-state index is 0. The van der Waals surface area contributed by atoms with Crippen LogP contribution >= 0.6 is 11.6 Å². The smallest absolute Gasteiger partial charge is 0.118 e. The molecule has 0 aliphatic heterocycles. The van der Waals surface area contributed by atoms with E-state index < -0.39 is 0 Å². The highest BCUT2D eigenvalue weighted by Gasteiger charge is 1.96. The quantitative estimate of drug-likeness (QED) is 0.793.